The first-order chi connectivity index (χ1) is 21.4. The van der Waals surface area contributed by atoms with Crippen LogP contribution in [0.1, 0.15) is 200 Å². The molecule has 0 aliphatic carbocycles. The lowest BCUT2D eigenvalue weighted by Crippen LogP contribution is -1.94. The van der Waals surface area contributed by atoms with Crippen molar-refractivity contribution in [2.75, 3.05) is 0 Å². The number of hydrogen-bond donors (Lipinski definition) is 0. The quantitative estimate of drug-likeness (QED) is 0.188. The molecule has 4 aromatic rings. The zero-order valence-corrected chi connectivity index (χ0v) is 33.6. The van der Waals surface area contributed by atoms with Gasteiger partial charge in [0.2, 0.25) is 0 Å². The Labute approximate surface area is 291 Å². The van der Waals surface area contributed by atoms with Crippen molar-refractivity contribution in [2.24, 2.45) is 0 Å². The van der Waals surface area contributed by atoms with Gasteiger partial charge in [0.15, 0.2) is 0 Å². The number of nitrogens with zero attached hydrogens (tertiary/aromatic N) is 3. The molecule has 0 saturated heterocycles. The summed E-state index contributed by atoms with van der Waals surface area (Å²) in [4.78, 5) is 17.6. The van der Waals surface area contributed by atoms with Gasteiger partial charge in [-0.2, -0.15) is 0 Å². The normalized spacial score (nSPS) is 11.3. The lowest BCUT2D eigenvalue weighted by Gasteiger charge is -2.07. The topological polar surface area (TPSA) is 38.7 Å². The van der Waals surface area contributed by atoms with Gasteiger partial charge in [-0.3, -0.25) is 9.97 Å². The highest BCUT2D eigenvalue weighted by Gasteiger charge is 2.08. The lowest BCUT2D eigenvalue weighted by molar-refractivity contribution is 0.802. The first-order valence-corrected chi connectivity index (χ1v) is 19.0. The Hall–Kier alpha value is -2.37. The summed E-state index contributed by atoms with van der Waals surface area (Å²) in [7, 11) is 0. The van der Waals surface area contributed by atoms with Gasteiger partial charge in [0.1, 0.15) is 0 Å². The van der Waals surface area contributed by atoms with Crippen LogP contribution < -0.4 is 0 Å². The van der Waals surface area contributed by atoms with Crippen LogP contribution in [-0.4, -0.2) is 15.0 Å². The molecular weight excluding hydrogens is 599 g/mol. The van der Waals surface area contributed by atoms with E-state index < -0.39 is 0 Å². The highest BCUT2D eigenvalue weighted by molar-refractivity contribution is 7.12. The Morgan fingerprint density at radius 3 is 0.935 bits per heavy atom. The van der Waals surface area contributed by atoms with E-state index in [1.54, 1.807) is 0 Å². The third-order valence-corrected chi connectivity index (χ3v) is 10.8. The van der Waals surface area contributed by atoms with Crippen LogP contribution in [0, 0.1) is 0 Å². The summed E-state index contributed by atoms with van der Waals surface area (Å²) >= 11 is 3.79. The summed E-state index contributed by atoms with van der Waals surface area (Å²) in [5, 5.41) is 1.26. The smallest absolute Gasteiger partial charge is 0.0953 e. The number of thiophene rings is 1. The molecule has 4 aromatic heterocycles. The van der Waals surface area contributed by atoms with E-state index in [0.717, 1.165) is 0 Å². The molecule has 0 fully saturated rings. The average molecular weight is 664 g/mol. The van der Waals surface area contributed by atoms with E-state index >= 15 is 0 Å². The highest BCUT2D eigenvalue weighted by atomic mass is 32.1. The fourth-order valence-corrected chi connectivity index (χ4v) is 5.96. The molecule has 256 valence electrons. The summed E-state index contributed by atoms with van der Waals surface area (Å²) in [6.45, 7) is 35.2. The third-order valence-electron chi connectivity index (χ3n) is 7.52. The second-order valence-corrected chi connectivity index (χ2v) is 16.9. The van der Waals surface area contributed by atoms with Crippen molar-refractivity contribution in [3.05, 3.63) is 97.1 Å². The lowest BCUT2D eigenvalue weighted by atomic mass is 10.0. The monoisotopic (exact) mass is 663 g/mol. The van der Waals surface area contributed by atoms with Crippen LogP contribution in [0.3, 0.4) is 0 Å². The average Bonchev–Trinajstić information content (AvgIpc) is 3.70. The Morgan fingerprint density at radius 2 is 0.739 bits per heavy atom. The highest BCUT2D eigenvalue weighted by Crippen LogP contribution is 2.29. The van der Waals surface area contributed by atoms with Gasteiger partial charge in [-0.05, 0) is 76.8 Å². The van der Waals surface area contributed by atoms with E-state index in [0.29, 0.717) is 47.3 Å². The van der Waals surface area contributed by atoms with E-state index in [1.807, 2.05) is 41.3 Å². The van der Waals surface area contributed by atoms with Gasteiger partial charge in [-0.25, -0.2) is 4.98 Å². The summed E-state index contributed by atoms with van der Waals surface area (Å²) in [5.74, 6) is 4.81. The van der Waals surface area contributed by atoms with E-state index in [1.165, 1.54) is 42.2 Å². The number of hydrogen-bond acceptors (Lipinski definition) is 5. The second-order valence-electron chi connectivity index (χ2n) is 14.6. The van der Waals surface area contributed by atoms with Gasteiger partial charge in [-0.1, -0.05) is 123 Å². The van der Waals surface area contributed by atoms with Crippen LogP contribution in [0.5, 0.6) is 0 Å². The molecule has 0 saturated carbocycles. The van der Waals surface area contributed by atoms with E-state index in [2.05, 4.69) is 162 Å². The first kappa shape index (κ1) is 41.7. The van der Waals surface area contributed by atoms with Gasteiger partial charge in [0.05, 0.1) is 5.01 Å². The molecular formula is C41H65N3S2. The summed E-state index contributed by atoms with van der Waals surface area (Å²) in [6.07, 6.45) is 5.98. The van der Waals surface area contributed by atoms with Crippen molar-refractivity contribution >= 4 is 22.7 Å². The minimum atomic E-state index is 0.534. The van der Waals surface area contributed by atoms with Crippen LogP contribution in [0.2, 0.25) is 0 Å². The zero-order valence-electron chi connectivity index (χ0n) is 32.0. The van der Waals surface area contributed by atoms with Gasteiger partial charge < -0.3 is 0 Å². The van der Waals surface area contributed by atoms with Crippen molar-refractivity contribution in [2.45, 2.75) is 158 Å². The predicted molar refractivity (Wildman–Crippen MR) is 208 cm³/mol. The molecule has 4 heterocycles. The van der Waals surface area contributed by atoms with Crippen molar-refractivity contribution < 1.29 is 0 Å². The maximum Gasteiger partial charge on any atom is 0.0953 e. The molecule has 0 radical (unpaired) electrons. The molecule has 46 heavy (non-hydrogen) atoms. The summed E-state index contributed by atoms with van der Waals surface area (Å²) in [5.41, 5.74) is 5.00. The van der Waals surface area contributed by atoms with E-state index in [9.17, 15) is 0 Å². The predicted octanol–water partition coefficient (Wildman–Crippen LogP) is 14.0. The SMILES string of the molecule is CC(C)c1ccc(C(C)C)nc1.CC(C)c1ccc(C(C)C)nc1.CC(C)c1ccc(C(C)C)s1.CC(C)c1cnc(C(C)C)s1. The fraction of sp³-hybridized carbons (Fsp3) is 0.585. The van der Waals surface area contributed by atoms with E-state index in [4.69, 9.17) is 0 Å². The maximum atomic E-state index is 4.40. The minimum absolute atomic E-state index is 0.534. The van der Waals surface area contributed by atoms with Gasteiger partial charge in [0.25, 0.3) is 0 Å². The maximum absolute atomic E-state index is 4.40. The molecule has 0 unspecified atom stereocenters. The molecule has 0 atom stereocenters. The van der Waals surface area contributed by atoms with Crippen molar-refractivity contribution in [3.63, 3.8) is 0 Å². The molecule has 0 aliphatic heterocycles. The molecule has 0 aromatic carbocycles. The molecule has 5 heteroatoms. The standard InChI is InChI=1S/2C11H17N.C10H16S.C9H15NS/c2*1-8(2)10-5-6-11(9(3)4)12-7-10;1-7(2)9-5-6-10(11-9)8(3)4;1-6(2)8-5-10-9(11-8)7(3)4/h2*5-9H,1-4H3;5-8H,1-4H3;5-7H,1-4H3. The van der Waals surface area contributed by atoms with Crippen molar-refractivity contribution in [1.29, 1.82) is 0 Å². The Kier molecular flexibility index (Phi) is 18.8. The zero-order chi connectivity index (χ0) is 35.1. The molecule has 0 bridgehead atoms. The first-order valence-electron chi connectivity index (χ1n) is 17.4. The number of rotatable bonds is 8. The Morgan fingerprint density at radius 1 is 0.348 bits per heavy atom. The van der Waals surface area contributed by atoms with Crippen LogP contribution in [0.15, 0.2) is 55.0 Å². The van der Waals surface area contributed by atoms with Crippen molar-refractivity contribution in [1.82, 2.24) is 15.0 Å². The molecule has 0 N–H and O–H groups in total. The molecule has 4 rings (SSSR count). The fourth-order valence-electron chi connectivity index (χ4n) is 4.02. The second kappa shape index (κ2) is 20.8. The third kappa shape index (κ3) is 15.0. The summed E-state index contributed by atoms with van der Waals surface area (Å²) in [6, 6.07) is 13.1. The molecule has 3 nitrogen and oxygen atoms in total. The van der Waals surface area contributed by atoms with Gasteiger partial charge >= 0.3 is 0 Å². The van der Waals surface area contributed by atoms with Gasteiger partial charge in [0, 0.05) is 50.5 Å². The molecule has 0 aliphatic rings. The van der Waals surface area contributed by atoms with Crippen LogP contribution in [-0.2, 0) is 0 Å². The Bertz CT molecular complexity index is 1130. The van der Waals surface area contributed by atoms with Crippen LogP contribution >= 0.6 is 22.7 Å². The molecule has 0 spiro atoms. The number of thiazole rings is 1. The summed E-state index contributed by atoms with van der Waals surface area (Å²) < 4.78 is 0. The van der Waals surface area contributed by atoms with Gasteiger partial charge in [-0.15, -0.1) is 22.7 Å². The molecule has 0 amide bonds. The number of aromatic nitrogens is 3. The largest absolute Gasteiger partial charge is 0.261 e. The van der Waals surface area contributed by atoms with E-state index in [-0.39, 0.29) is 0 Å². The number of pyridine rings is 2. The van der Waals surface area contributed by atoms with Crippen LogP contribution in [0.25, 0.3) is 0 Å². The Balaban J connectivity index is 0.000000307. The minimum Gasteiger partial charge on any atom is -0.261 e. The van der Waals surface area contributed by atoms with Crippen LogP contribution in [0.4, 0.5) is 0 Å². The van der Waals surface area contributed by atoms with Crippen molar-refractivity contribution in [3.8, 4) is 0 Å².